The predicted molar refractivity (Wildman–Crippen MR) is 143 cm³/mol. The summed E-state index contributed by atoms with van der Waals surface area (Å²) in [6, 6.07) is 12.9. The fourth-order valence-corrected chi connectivity index (χ4v) is 3.65. The highest BCUT2D eigenvalue weighted by Crippen LogP contribution is 2.19. The lowest BCUT2D eigenvalue weighted by atomic mass is 10.1. The number of benzene rings is 2. The third kappa shape index (κ3) is 8.22. The molecule has 1 atom stereocenters. The van der Waals surface area contributed by atoms with Crippen LogP contribution in [-0.2, 0) is 30.3 Å². The highest BCUT2D eigenvalue weighted by molar-refractivity contribution is 5.97. The van der Waals surface area contributed by atoms with E-state index in [9.17, 15) is 19.2 Å². The molecular weight excluding hydrogens is 504 g/mol. The molecule has 0 bridgehead atoms. The molecule has 0 radical (unpaired) electrons. The third-order valence-electron chi connectivity index (χ3n) is 5.53. The molecule has 1 aromatic heterocycles. The second-order valence-electron chi connectivity index (χ2n) is 8.30. The molecule has 0 spiro atoms. The molecule has 1 unspecified atom stereocenters. The quantitative estimate of drug-likeness (QED) is 0.246. The smallest absolute Gasteiger partial charge is 0.360 e. The number of amides is 1. The van der Waals surface area contributed by atoms with Crippen LogP contribution in [-0.4, -0.2) is 59.6 Å². The molecule has 0 aliphatic carbocycles. The first kappa shape index (κ1) is 29.0. The molecule has 2 N–H and O–H groups in total. The van der Waals surface area contributed by atoms with Crippen LogP contribution in [0.2, 0.25) is 0 Å². The maximum atomic E-state index is 12.8. The van der Waals surface area contributed by atoms with Crippen molar-refractivity contribution < 1.29 is 33.4 Å². The lowest BCUT2D eigenvalue weighted by Gasteiger charge is -2.17. The predicted octanol–water partition coefficient (Wildman–Crippen LogP) is 3.42. The first-order valence-electron chi connectivity index (χ1n) is 12.8. The van der Waals surface area contributed by atoms with Gasteiger partial charge in [0.25, 0.3) is 5.91 Å². The Morgan fingerprint density at radius 1 is 0.821 bits per heavy atom. The Kier molecular flexibility index (Phi) is 10.7. The molecule has 2 aromatic carbocycles. The Morgan fingerprint density at radius 2 is 1.46 bits per heavy atom. The zero-order valence-electron chi connectivity index (χ0n) is 22.2. The highest BCUT2D eigenvalue weighted by atomic mass is 16.5. The Balaban J connectivity index is 1.68. The monoisotopic (exact) mass is 536 g/mol. The maximum Gasteiger partial charge on any atom is 0.360 e. The van der Waals surface area contributed by atoms with Crippen LogP contribution >= 0.6 is 0 Å². The number of nitrogens with one attached hydrogen (secondary N) is 2. The van der Waals surface area contributed by atoms with Crippen molar-refractivity contribution in [3.05, 3.63) is 65.4 Å². The van der Waals surface area contributed by atoms with Gasteiger partial charge in [-0.2, -0.15) is 0 Å². The van der Waals surface area contributed by atoms with Gasteiger partial charge >= 0.3 is 17.9 Å². The summed E-state index contributed by atoms with van der Waals surface area (Å²) >= 11 is 0. The SMILES string of the molecule is CCOC(=O)CCC(NC(=O)c1ccc(CNc2nc3ccccc3nc2C(=O)OCC)cc1)C(=O)OCC. The molecule has 0 saturated carbocycles. The van der Waals surface area contributed by atoms with Gasteiger partial charge in [-0.3, -0.25) is 9.59 Å². The van der Waals surface area contributed by atoms with E-state index in [2.05, 4.69) is 20.6 Å². The molecule has 3 aromatic rings. The van der Waals surface area contributed by atoms with E-state index in [1.807, 2.05) is 12.1 Å². The second kappa shape index (κ2) is 14.4. The van der Waals surface area contributed by atoms with Crippen molar-refractivity contribution in [1.82, 2.24) is 15.3 Å². The average Bonchev–Trinajstić information content (AvgIpc) is 2.94. The number of carbonyl (C=O) groups excluding carboxylic acids is 4. The lowest BCUT2D eigenvalue weighted by Crippen LogP contribution is -2.42. The largest absolute Gasteiger partial charge is 0.466 e. The van der Waals surface area contributed by atoms with Gasteiger partial charge in [-0.1, -0.05) is 24.3 Å². The molecule has 0 aliphatic rings. The number of fused-ring (bicyclic) bond motifs is 1. The number of carbonyl (C=O) groups is 4. The van der Waals surface area contributed by atoms with Crippen molar-refractivity contribution in [2.24, 2.45) is 0 Å². The van der Waals surface area contributed by atoms with Gasteiger partial charge in [-0.15, -0.1) is 0 Å². The van der Waals surface area contributed by atoms with Crippen LogP contribution in [0.1, 0.15) is 60.0 Å². The topological polar surface area (TPSA) is 146 Å². The van der Waals surface area contributed by atoms with Crippen LogP contribution < -0.4 is 10.6 Å². The van der Waals surface area contributed by atoms with Crippen molar-refractivity contribution in [3.8, 4) is 0 Å². The van der Waals surface area contributed by atoms with Crippen LogP contribution in [0, 0.1) is 0 Å². The molecule has 0 fully saturated rings. The van der Waals surface area contributed by atoms with E-state index < -0.39 is 29.9 Å². The summed E-state index contributed by atoms with van der Waals surface area (Å²) < 4.78 is 15.1. The minimum Gasteiger partial charge on any atom is -0.466 e. The van der Waals surface area contributed by atoms with Crippen molar-refractivity contribution in [3.63, 3.8) is 0 Å². The molecule has 0 saturated heterocycles. The zero-order chi connectivity index (χ0) is 28.2. The van der Waals surface area contributed by atoms with Gasteiger partial charge in [-0.25, -0.2) is 19.6 Å². The van der Waals surface area contributed by atoms with Gasteiger partial charge in [0.05, 0.1) is 30.9 Å². The van der Waals surface area contributed by atoms with Crippen LogP contribution in [0.15, 0.2) is 48.5 Å². The van der Waals surface area contributed by atoms with E-state index in [0.717, 1.165) is 5.56 Å². The Labute approximate surface area is 226 Å². The van der Waals surface area contributed by atoms with E-state index in [-0.39, 0.29) is 44.2 Å². The van der Waals surface area contributed by atoms with Gasteiger partial charge in [0.1, 0.15) is 6.04 Å². The number of nitrogens with zero attached hydrogens (tertiary/aromatic N) is 2. The molecule has 3 rings (SSSR count). The van der Waals surface area contributed by atoms with Gasteiger partial charge < -0.3 is 24.8 Å². The third-order valence-corrected chi connectivity index (χ3v) is 5.53. The molecular formula is C28H32N4O7. The fraction of sp³-hybridized carbons (Fsp3) is 0.357. The number of hydrogen-bond donors (Lipinski definition) is 2. The van der Waals surface area contributed by atoms with E-state index in [0.29, 0.717) is 23.1 Å². The average molecular weight is 537 g/mol. The summed E-state index contributed by atoms with van der Waals surface area (Å²) in [7, 11) is 0. The van der Waals surface area contributed by atoms with Crippen LogP contribution in [0.25, 0.3) is 11.0 Å². The van der Waals surface area contributed by atoms with Gasteiger partial charge in [0.2, 0.25) is 0 Å². The summed E-state index contributed by atoms with van der Waals surface area (Å²) in [5.74, 6) is -1.86. The van der Waals surface area contributed by atoms with E-state index in [1.54, 1.807) is 57.2 Å². The van der Waals surface area contributed by atoms with Gasteiger partial charge in [-0.05, 0) is 57.0 Å². The number of rotatable bonds is 13. The summed E-state index contributed by atoms with van der Waals surface area (Å²) in [6.45, 7) is 5.94. The number of aromatic nitrogens is 2. The number of esters is 3. The van der Waals surface area contributed by atoms with Crippen LogP contribution in [0.3, 0.4) is 0 Å². The first-order chi connectivity index (χ1) is 18.9. The van der Waals surface area contributed by atoms with Crippen molar-refractivity contribution in [2.75, 3.05) is 25.1 Å². The van der Waals surface area contributed by atoms with Gasteiger partial charge in [0, 0.05) is 18.5 Å². The van der Waals surface area contributed by atoms with E-state index in [4.69, 9.17) is 14.2 Å². The Bertz CT molecular complexity index is 1310. The van der Waals surface area contributed by atoms with Crippen LogP contribution in [0.5, 0.6) is 0 Å². The second-order valence-corrected chi connectivity index (χ2v) is 8.30. The van der Waals surface area contributed by atoms with E-state index in [1.165, 1.54) is 0 Å². The minimum absolute atomic E-state index is 0.0341. The van der Waals surface area contributed by atoms with Crippen molar-refractivity contribution in [1.29, 1.82) is 0 Å². The van der Waals surface area contributed by atoms with Gasteiger partial charge in [0.15, 0.2) is 11.5 Å². The van der Waals surface area contributed by atoms with Crippen molar-refractivity contribution in [2.45, 2.75) is 46.2 Å². The molecule has 11 nitrogen and oxygen atoms in total. The summed E-state index contributed by atoms with van der Waals surface area (Å²) in [4.78, 5) is 58.2. The standard InChI is InChI=1S/C28H32N4O7/c1-4-37-23(33)16-15-22(27(35)38-5-2)32-26(34)19-13-11-18(12-14-19)17-29-25-24(28(36)39-6-3)30-20-9-7-8-10-21(20)31-25/h7-14,22H,4-6,15-17H2,1-3H3,(H,29,31)(H,32,34). The number of ether oxygens (including phenoxy) is 3. The number of hydrogen-bond acceptors (Lipinski definition) is 10. The van der Waals surface area contributed by atoms with E-state index >= 15 is 0 Å². The normalized spacial score (nSPS) is 11.4. The number of anilines is 1. The Morgan fingerprint density at radius 3 is 2.10 bits per heavy atom. The maximum absolute atomic E-state index is 12.8. The molecule has 1 amide bonds. The van der Waals surface area contributed by atoms with Crippen LogP contribution in [0.4, 0.5) is 5.82 Å². The summed E-state index contributed by atoms with van der Waals surface area (Å²) in [5, 5.41) is 5.76. The zero-order valence-corrected chi connectivity index (χ0v) is 22.2. The lowest BCUT2D eigenvalue weighted by molar-refractivity contribution is -0.146. The number of para-hydroxylation sites is 2. The minimum atomic E-state index is -0.990. The summed E-state index contributed by atoms with van der Waals surface area (Å²) in [5.41, 5.74) is 2.41. The Hall–Kier alpha value is -4.54. The first-order valence-corrected chi connectivity index (χ1v) is 12.8. The molecule has 11 heteroatoms. The summed E-state index contributed by atoms with van der Waals surface area (Å²) in [6.07, 6.45) is 0.0225. The highest BCUT2D eigenvalue weighted by Gasteiger charge is 2.24. The molecule has 1 heterocycles. The molecule has 39 heavy (non-hydrogen) atoms. The van der Waals surface area contributed by atoms with Crippen molar-refractivity contribution >= 4 is 40.7 Å². The molecule has 206 valence electrons. The fourth-order valence-electron chi connectivity index (χ4n) is 3.65. The molecule has 0 aliphatic heterocycles.